The summed E-state index contributed by atoms with van der Waals surface area (Å²) in [4.78, 5) is 24.9. The Kier molecular flexibility index (Phi) is 6.20. The second-order valence-electron chi connectivity index (χ2n) is 8.45. The van der Waals surface area contributed by atoms with E-state index in [2.05, 4.69) is 20.1 Å². The topological polar surface area (TPSA) is 107 Å². The first-order valence-corrected chi connectivity index (χ1v) is 11.2. The maximum atomic E-state index is 11.7. The van der Waals surface area contributed by atoms with Crippen LogP contribution in [0.15, 0.2) is 60.9 Å². The lowest BCUT2D eigenvalue weighted by atomic mass is 10.2. The molecule has 1 amide bonds. The quantitative estimate of drug-likeness (QED) is 0.438. The molecule has 4 heterocycles. The number of benzene rings is 1. The first-order valence-electron chi connectivity index (χ1n) is 11.2. The van der Waals surface area contributed by atoms with Crippen LogP contribution in [-0.2, 0) is 11.3 Å². The Balaban J connectivity index is 1.23. The van der Waals surface area contributed by atoms with Crippen molar-refractivity contribution in [3.63, 3.8) is 0 Å². The van der Waals surface area contributed by atoms with Crippen LogP contribution in [0, 0.1) is 0 Å². The molecule has 5 rings (SSSR count). The fraction of sp³-hybridized carbons (Fsp3) is 0.280. The second kappa shape index (κ2) is 9.58. The van der Waals surface area contributed by atoms with Crippen LogP contribution in [0.4, 0.5) is 0 Å². The molecular formula is C25H26N6O3. The lowest BCUT2D eigenvalue weighted by Crippen LogP contribution is -2.40. The number of amides is 1. The molecule has 9 nitrogen and oxygen atoms in total. The molecule has 0 aliphatic carbocycles. The maximum absolute atomic E-state index is 11.7. The van der Waals surface area contributed by atoms with E-state index in [4.69, 9.17) is 14.8 Å². The number of carbonyl (C=O) groups excluding carboxylic acids is 1. The Hall–Kier alpha value is -3.82. The third kappa shape index (κ3) is 4.75. The Labute approximate surface area is 197 Å². The molecule has 2 N–H and O–H groups in total. The lowest BCUT2D eigenvalue weighted by molar-refractivity contribution is -0.134. The fourth-order valence-corrected chi connectivity index (χ4v) is 4.25. The van der Waals surface area contributed by atoms with E-state index in [0.29, 0.717) is 11.6 Å². The number of pyridine rings is 2. The van der Waals surface area contributed by atoms with Gasteiger partial charge >= 0.3 is 0 Å². The molecule has 1 saturated heterocycles. The van der Waals surface area contributed by atoms with Crippen LogP contribution >= 0.6 is 0 Å². The highest BCUT2D eigenvalue weighted by atomic mass is 16.5. The van der Waals surface area contributed by atoms with Crippen molar-refractivity contribution in [2.45, 2.75) is 19.0 Å². The Bertz CT molecular complexity index is 1280. The number of likely N-dealkylation sites (tertiary alicyclic amines) is 1. The minimum Gasteiger partial charge on any atom is -0.439 e. The summed E-state index contributed by atoms with van der Waals surface area (Å²) in [5, 5.41) is 16.9. The van der Waals surface area contributed by atoms with Gasteiger partial charge in [0, 0.05) is 62.1 Å². The van der Waals surface area contributed by atoms with Crippen molar-refractivity contribution >= 4 is 16.8 Å². The van der Waals surface area contributed by atoms with Crippen LogP contribution in [0.1, 0.15) is 12.1 Å². The molecule has 0 bridgehead atoms. The molecule has 174 valence electrons. The van der Waals surface area contributed by atoms with E-state index in [1.165, 1.54) is 0 Å². The van der Waals surface area contributed by atoms with Gasteiger partial charge in [-0.15, -0.1) is 0 Å². The number of aromatic amines is 1. The van der Waals surface area contributed by atoms with Crippen LogP contribution in [-0.4, -0.2) is 73.8 Å². The van der Waals surface area contributed by atoms with Crippen molar-refractivity contribution in [1.29, 1.82) is 0 Å². The van der Waals surface area contributed by atoms with Gasteiger partial charge < -0.3 is 14.7 Å². The first-order chi connectivity index (χ1) is 16.6. The summed E-state index contributed by atoms with van der Waals surface area (Å²) in [6.07, 6.45) is 4.35. The van der Waals surface area contributed by atoms with Gasteiger partial charge in [-0.25, -0.2) is 4.98 Å². The number of aliphatic hydroxyl groups is 1. The minimum atomic E-state index is -0.447. The van der Waals surface area contributed by atoms with Crippen molar-refractivity contribution < 1.29 is 14.6 Å². The standard InChI is InChI=1S/C25H26N6O3/c1-30(25(33)16-32)20-9-11-31(15-20)14-19-4-2-17-12-21(5-6-22(17)28-19)34-24-7-3-18(13-26-24)23-8-10-27-29-23/h2-8,10,12-13,20,32H,9,11,14-16H2,1H3,(H,27,29)/t20-/m0/s1. The highest BCUT2D eigenvalue weighted by Crippen LogP contribution is 2.26. The van der Waals surface area contributed by atoms with Crippen molar-refractivity contribution in [1.82, 2.24) is 30.0 Å². The summed E-state index contributed by atoms with van der Waals surface area (Å²) in [5.41, 5.74) is 3.72. The minimum absolute atomic E-state index is 0.127. The molecule has 1 aromatic carbocycles. The van der Waals surface area contributed by atoms with E-state index >= 15 is 0 Å². The highest BCUT2D eigenvalue weighted by Gasteiger charge is 2.28. The molecule has 0 radical (unpaired) electrons. The van der Waals surface area contributed by atoms with Gasteiger partial charge in [0.25, 0.3) is 0 Å². The number of H-pyrrole nitrogens is 1. The highest BCUT2D eigenvalue weighted by molar-refractivity contribution is 5.80. The number of rotatable bonds is 7. The van der Waals surface area contributed by atoms with Gasteiger partial charge in [0.15, 0.2) is 0 Å². The van der Waals surface area contributed by atoms with Crippen molar-refractivity contribution in [2.24, 2.45) is 0 Å². The monoisotopic (exact) mass is 458 g/mol. The normalized spacial score (nSPS) is 16.1. The predicted molar refractivity (Wildman–Crippen MR) is 127 cm³/mol. The summed E-state index contributed by atoms with van der Waals surface area (Å²) in [5.74, 6) is 0.973. The number of carbonyl (C=O) groups is 1. The SMILES string of the molecule is CN(C(=O)CO)[C@H]1CCN(Cc2ccc3cc(Oc4ccc(-c5ccn[nH]5)cn4)ccc3n2)C1. The third-order valence-corrected chi connectivity index (χ3v) is 6.20. The fourth-order valence-electron chi connectivity index (χ4n) is 4.25. The van der Waals surface area contributed by atoms with Crippen LogP contribution in [0.3, 0.4) is 0 Å². The average molecular weight is 459 g/mol. The Morgan fingerprint density at radius 2 is 2.15 bits per heavy atom. The molecule has 1 aliphatic rings. The molecule has 0 unspecified atom stereocenters. The van der Waals surface area contributed by atoms with Crippen LogP contribution in [0.2, 0.25) is 0 Å². The number of nitrogens with one attached hydrogen (secondary N) is 1. The van der Waals surface area contributed by atoms with E-state index in [-0.39, 0.29) is 11.9 Å². The van der Waals surface area contributed by atoms with Crippen LogP contribution < -0.4 is 4.74 Å². The zero-order valence-corrected chi connectivity index (χ0v) is 18.9. The largest absolute Gasteiger partial charge is 0.439 e. The molecule has 34 heavy (non-hydrogen) atoms. The number of ether oxygens (including phenoxy) is 1. The molecule has 1 aliphatic heterocycles. The molecule has 1 fully saturated rings. The zero-order valence-electron chi connectivity index (χ0n) is 18.9. The molecule has 1 atom stereocenters. The number of aliphatic hydroxyl groups excluding tert-OH is 1. The summed E-state index contributed by atoms with van der Waals surface area (Å²) in [6.45, 7) is 1.95. The lowest BCUT2D eigenvalue weighted by Gasteiger charge is -2.24. The maximum Gasteiger partial charge on any atom is 0.248 e. The molecule has 9 heteroatoms. The van der Waals surface area contributed by atoms with E-state index in [1.807, 2.05) is 48.5 Å². The Morgan fingerprint density at radius 3 is 2.91 bits per heavy atom. The van der Waals surface area contributed by atoms with E-state index in [1.54, 1.807) is 24.3 Å². The van der Waals surface area contributed by atoms with Gasteiger partial charge in [-0.1, -0.05) is 6.07 Å². The smallest absolute Gasteiger partial charge is 0.248 e. The molecular weight excluding hydrogens is 432 g/mol. The van der Waals surface area contributed by atoms with Crippen molar-refractivity contribution in [2.75, 3.05) is 26.7 Å². The number of hydrogen-bond donors (Lipinski definition) is 2. The van der Waals surface area contributed by atoms with Crippen molar-refractivity contribution in [3.05, 3.63) is 66.6 Å². The van der Waals surface area contributed by atoms with Gasteiger partial charge in [-0.3, -0.25) is 19.8 Å². The van der Waals surface area contributed by atoms with Crippen molar-refractivity contribution in [3.8, 4) is 22.9 Å². The summed E-state index contributed by atoms with van der Waals surface area (Å²) in [6, 6.07) is 15.7. The average Bonchev–Trinajstić information content (AvgIpc) is 3.56. The van der Waals surface area contributed by atoms with E-state index < -0.39 is 6.61 Å². The van der Waals surface area contributed by atoms with E-state index in [9.17, 15) is 4.79 Å². The molecule has 3 aromatic heterocycles. The zero-order chi connectivity index (χ0) is 23.5. The molecule has 4 aromatic rings. The number of likely N-dealkylation sites (N-methyl/N-ethyl adjacent to an activating group) is 1. The summed E-state index contributed by atoms with van der Waals surface area (Å²) >= 11 is 0. The Morgan fingerprint density at radius 1 is 1.24 bits per heavy atom. The van der Waals surface area contributed by atoms with Crippen LogP contribution in [0.5, 0.6) is 11.6 Å². The van der Waals surface area contributed by atoms with Gasteiger partial charge in [0.2, 0.25) is 11.8 Å². The summed E-state index contributed by atoms with van der Waals surface area (Å²) in [7, 11) is 1.75. The number of aromatic nitrogens is 4. The van der Waals surface area contributed by atoms with Gasteiger partial charge in [-0.2, -0.15) is 5.10 Å². The van der Waals surface area contributed by atoms with Gasteiger partial charge in [0.1, 0.15) is 12.4 Å². The van der Waals surface area contributed by atoms with Gasteiger partial charge in [0.05, 0.1) is 16.9 Å². The number of fused-ring (bicyclic) bond motifs is 1. The number of nitrogens with zero attached hydrogens (tertiary/aromatic N) is 5. The van der Waals surface area contributed by atoms with Crippen LogP contribution in [0.25, 0.3) is 22.2 Å². The number of hydrogen-bond acceptors (Lipinski definition) is 7. The van der Waals surface area contributed by atoms with Gasteiger partial charge in [-0.05, 0) is 42.8 Å². The first kappa shape index (κ1) is 22.0. The third-order valence-electron chi connectivity index (χ3n) is 6.20. The molecule has 0 spiro atoms. The second-order valence-corrected chi connectivity index (χ2v) is 8.45. The summed E-state index contributed by atoms with van der Waals surface area (Å²) < 4.78 is 5.94. The van der Waals surface area contributed by atoms with E-state index in [0.717, 1.165) is 53.9 Å². The predicted octanol–water partition coefficient (Wildman–Crippen LogP) is 2.84. The molecule has 0 saturated carbocycles.